The van der Waals surface area contributed by atoms with Crippen molar-refractivity contribution in [1.82, 2.24) is 5.32 Å². The van der Waals surface area contributed by atoms with Gasteiger partial charge in [0.05, 0.1) is 11.4 Å². The van der Waals surface area contributed by atoms with Gasteiger partial charge in [-0.2, -0.15) is 0 Å². The summed E-state index contributed by atoms with van der Waals surface area (Å²) in [5.41, 5.74) is 18.2. The molecule has 1 N–H and O–H groups in total. The molecule has 0 fully saturated rings. The number of amidine groups is 1. The van der Waals surface area contributed by atoms with E-state index in [9.17, 15) is 0 Å². The van der Waals surface area contributed by atoms with Gasteiger partial charge in [-0.05, 0) is 119 Å². The normalized spacial score (nSPS) is 13.7. The quantitative estimate of drug-likeness (QED) is 0.157. The first kappa shape index (κ1) is 39.4. The lowest BCUT2D eigenvalue weighted by atomic mass is 9.96. The van der Waals surface area contributed by atoms with Crippen LogP contribution in [0, 0.1) is 0 Å². The van der Waals surface area contributed by atoms with Crippen LogP contribution in [0.4, 0.5) is 17.1 Å². The van der Waals surface area contributed by atoms with E-state index in [0.29, 0.717) is 0 Å². The summed E-state index contributed by atoms with van der Waals surface area (Å²) in [6.45, 7) is 2.21. The van der Waals surface area contributed by atoms with Gasteiger partial charge >= 0.3 is 0 Å². The predicted octanol–water partition coefficient (Wildman–Crippen LogP) is 16.3. The Bertz CT molecular complexity index is 3390. The predicted molar refractivity (Wildman–Crippen MR) is 272 cm³/mol. The van der Waals surface area contributed by atoms with Crippen molar-refractivity contribution in [2.24, 2.45) is 4.99 Å². The van der Waals surface area contributed by atoms with E-state index in [0.717, 1.165) is 96.0 Å². The van der Waals surface area contributed by atoms with Crippen LogP contribution in [0.5, 0.6) is 0 Å². The minimum Gasteiger partial charge on any atom is -0.456 e. The number of hydrogen-bond acceptors (Lipinski definition) is 4. The average Bonchev–Trinajstić information content (AvgIpc) is 3.74. The summed E-state index contributed by atoms with van der Waals surface area (Å²) in [7, 11) is 0. The fourth-order valence-electron chi connectivity index (χ4n) is 8.92. The molecule has 10 aromatic rings. The molecule has 2 heterocycles. The highest BCUT2D eigenvalue weighted by Gasteiger charge is 2.22. The topological polar surface area (TPSA) is 40.8 Å². The molecule has 4 heteroatoms. The SMILES string of the molecule is CC1=C(c2ccc3oc4ccc(N(c5ccc(-c6ccccc6)cc5)c5ccc(-c6ccccc6)cc5-c5ccccc5)cc4c3c2)NC(c2ccccc2)=N/C(c2ccccc2)=C/C1. The summed E-state index contributed by atoms with van der Waals surface area (Å²) in [6, 6.07) is 81.5. The monoisotopic (exact) mass is 835 g/mol. The molecule has 0 amide bonds. The lowest BCUT2D eigenvalue weighted by molar-refractivity contribution is 0.669. The summed E-state index contributed by atoms with van der Waals surface area (Å²) in [4.78, 5) is 7.64. The molecule has 0 spiro atoms. The summed E-state index contributed by atoms with van der Waals surface area (Å²) < 4.78 is 6.60. The third-order valence-electron chi connectivity index (χ3n) is 12.3. The van der Waals surface area contributed by atoms with Crippen molar-refractivity contribution >= 4 is 56.2 Å². The third-order valence-corrected chi connectivity index (χ3v) is 12.3. The third kappa shape index (κ3) is 7.94. The standard InChI is InChI=1S/C61H45N3O/c1-42-27-35-56(47-23-13-5-14-24-47)62-61(48-25-15-6-16-26-48)63-60(42)50-31-37-58-54(40-50)55-41-52(34-38-59(55)65-58)64(51-32-28-45(29-33-51)43-17-7-2-8-18-43)57-36-30-49(44-19-9-3-10-20-44)39-53(57)46-21-11-4-12-22-46/h2-26,28-41H,27H2,1H3,(H,62,63)/b56-35+,60-42?. The maximum atomic E-state index is 6.60. The Labute approximate surface area is 379 Å². The van der Waals surface area contributed by atoms with Gasteiger partial charge in [-0.1, -0.05) is 176 Å². The molecule has 0 atom stereocenters. The number of furan rings is 1. The van der Waals surface area contributed by atoms with Crippen molar-refractivity contribution in [3.63, 3.8) is 0 Å². The second kappa shape index (κ2) is 17.4. The fraction of sp³-hybridized carbons (Fsp3) is 0.0328. The Morgan fingerprint density at radius 1 is 0.431 bits per heavy atom. The number of anilines is 3. The zero-order valence-corrected chi connectivity index (χ0v) is 36.0. The van der Waals surface area contributed by atoms with Crippen LogP contribution in [-0.4, -0.2) is 5.84 Å². The largest absolute Gasteiger partial charge is 0.456 e. The summed E-state index contributed by atoms with van der Waals surface area (Å²) in [5, 5.41) is 5.91. The fourth-order valence-corrected chi connectivity index (χ4v) is 8.92. The molecule has 0 unspecified atom stereocenters. The molecule has 1 aromatic heterocycles. The van der Waals surface area contributed by atoms with Gasteiger partial charge in [0.1, 0.15) is 17.0 Å². The number of rotatable bonds is 9. The number of benzene rings is 9. The smallest absolute Gasteiger partial charge is 0.138 e. The van der Waals surface area contributed by atoms with Crippen LogP contribution in [0.15, 0.2) is 252 Å². The number of nitrogens with zero attached hydrogens (tertiary/aromatic N) is 2. The van der Waals surface area contributed by atoms with Crippen molar-refractivity contribution in [2.45, 2.75) is 13.3 Å². The van der Waals surface area contributed by atoms with Gasteiger partial charge in [-0.15, -0.1) is 0 Å². The molecule has 310 valence electrons. The molecule has 4 nitrogen and oxygen atoms in total. The van der Waals surface area contributed by atoms with Crippen molar-refractivity contribution in [3.05, 3.63) is 259 Å². The number of nitrogens with one attached hydrogen (secondary N) is 1. The zero-order chi connectivity index (χ0) is 43.5. The van der Waals surface area contributed by atoms with Crippen LogP contribution in [0.2, 0.25) is 0 Å². The molecule has 0 saturated carbocycles. The Morgan fingerprint density at radius 2 is 0.923 bits per heavy atom. The maximum Gasteiger partial charge on any atom is 0.138 e. The highest BCUT2D eigenvalue weighted by Crippen LogP contribution is 2.45. The highest BCUT2D eigenvalue weighted by atomic mass is 16.3. The maximum absolute atomic E-state index is 6.60. The van der Waals surface area contributed by atoms with Gasteiger partial charge in [0.2, 0.25) is 0 Å². The van der Waals surface area contributed by atoms with E-state index in [1.807, 2.05) is 12.1 Å². The first-order valence-corrected chi connectivity index (χ1v) is 22.2. The van der Waals surface area contributed by atoms with Crippen molar-refractivity contribution in [3.8, 4) is 33.4 Å². The Balaban J connectivity index is 1.06. The average molecular weight is 836 g/mol. The van der Waals surface area contributed by atoms with Crippen LogP contribution in [0.25, 0.3) is 66.7 Å². The van der Waals surface area contributed by atoms with Crippen LogP contribution < -0.4 is 10.2 Å². The van der Waals surface area contributed by atoms with E-state index < -0.39 is 0 Å². The van der Waals surface area contributed by atoms with E-state index in [2.05, 4.69) is 242 Å². The second-order valence-electron chi connectivity index (χ2n) is 16.5. The highest BCUT2D eigenvalue weighted by molar-refractivity contribution is 6.10. The molecule has 1 aliphatic rings. The minimum absolute atomic E-state index is 0.747. The van der Waals surface area contributed by atoms with Crippen molar-refractivity contribution in [2.75, 3.05) is 4.90 Å². The Kier molecular flexibility index (Phi) is 10.5. The lowest BCUT2D eigenvalue weighted by Crippen LogP contribution is -2.25. The van der Waals surface area contributed by atoms with Crippen LogP contribution in [0.1, 0.15) is 30.0 Å². The summed E-state index contributed by atoms with van der Waals surface area (Å²) in [6.07, 6.45) is 2.99. The Morgan fingerprint density at radius 3 is 1.57 bits per heavy atom. The minimum atomic E-state index is 0.747. The summed E-state index contributed by atoms with van der Waals surface area (Å²) >= 11 is 0. The molecule has 0 aliphatic carbocycles. The number of allylic oxidation sites excluding steroid dienone is 2. The zero-order valence-electron chi connectivity index (χ0n) is 36.0. The molecule has 9 aromatic carbocycles. The van der Waals surface area contributed by atoms with Crippen molar-refractivity contribution in [1.29, 1.82) is 0 Å². The summed E-state index contributed by atoms with van der Waals surface area (Å²) in [5.74, 6) is 0.801. The Hall–Kier alpha value is -8.47. The molecule has 0 bridgehead atoms. The van der Waals surface area contributed by atoms with Gasteiger partial charge in [0.15, 0.2) is 0 Å². The van der Waals surface area contributed by atoms with Crippen molar-refractivity contribution < 1.29 is 4.42 Å². The molecule has 11 rings (SSSR count). The molecule has 1 aliphatic heterocycles. The lowest BCUT2D eigenvalue weighted by Gasteiger charge is -2.28. The number of aliphatic imine (C=N–C) groups is 1. The first-order chi connectivity index (χ1) is 32.1. The van der Waals surface area contributed by atoms with E-state index in [-0.39, 0.29) is 0 Å². The van der Waals surface area contributed by atoms with Crippen LogP contribution in [-0.2, 0) is 0 Å². The second-order valence-corrected chi connectivity index (χ2v) is 16.5. The van der Waals surface area contributed by atoms with Crippen LogP contribution in [0.3, 0.4) is 0 Å². The van der Waals surface area contributed by atoms with E-state index in [1.165, 1.54) is 22.3 Å². The molecule has 0 radical (unpaired) electrons. The molecular weight excluding hydrogens is 791 g/mol. The molecular formula is C61H45N3O. The molecule has 65 heavy (non-hydrogen) atoms. The van der Waals surface area contributed by atoms with Gasteiger partial charge < -0.3 is 14.6 Å². The van der Waals surface area contributed by atoms with Gasteiger partial charge in [0.25, 0.3) is 0 Å². The van der Waals surface area contributed by atoms with Crippen LogP contribution >= 0.6 is 0 Å². The number of fused-ring (bicyclic) bond motifs is 3. The van der Waals surface area contributed by atoms with Gasteiger partial charge in [-0.25, -0.2) is 4.99 Å². The number of hydrogen-bond donors (Lipinski definition) is 1. The van der Waals surface area contributed by atoms with Gasteiger partial charge in [0, 0.05) is 39.0 Å². The van der Waals surface area contributed by atoms with Gasteiger partial charge in [-0.3, -0.25) is 0 Å². The van der Waals surface area contributed by atoms with E-state index in [1.54, 1.807) is 0 Å². The molecule has 0 saturated heterocycles. The van der Waals surface area contributed by atoms with E-state index >= 15 is 0 Å². The first-order valence-electron chi connectivity index (χ1n) is 22.2. The van der Waals surface area contributed by atoms with E-state index in [4.69, 9.17) is 9.41 Å².